The molecule has 1 saturated carbocycles. The number of guanidine groups is 1. The third-order valence-electron chi connectivity index (χ3n) is 5.39. The number of amides is 1. The molecule has 0 unspecified atom stereocenters. The molecule has 0 spiro atoms. The first-order chi connectivity index (χ1) is 13.5. The summed E-state index contributed by atoms with van der Waals surface area (Å²) in [5.74, 6) is 0.737. The fourth-order valence-corrected chi connectivity index (χ4v) is 4.27. The van der Waals surface area contributed by atoms with Crippen molar-refractivity contribution in [2.45, 2.75) is 45.4 Å². The Morgan fingerprint density at radius 1 is 1.32 bits per heavy atom. The van der Waals surface area contributed by atoms with E-state index in [0.717, 1.165) is 45.1 Å². The van der Waals surface area contributed by atoms with E-state index in [-0.39, 0.29) is 17.9 Å². The van der Waals surface area contributed by atoms with Crippen molar-refractivity contribution in [1.82, 2.24) is 15.5 Å². The van der Waals surface area contributed by atoms with Crippen molar-refractivity contribution in [3.8, 4) is 0 Å². The molecule has 7 heteroatoms. The van der Waals surface area contributed by atoms with E-state index in [1.807, 2.05) is 6.92 Å². The average Bonchev–Trinajstić information content (AvgIpc) is 3.36. The third kappa shape index (κ3) is 7.80. The summed E-state index contributed by atoms with van der Waals surface area (Å²) in [6, 6.07) is 4.22. The molecule has 2 N–H and O–H groups in total. The van der Waals surface area contributed by atoms with Gasteiger partial charge in [-0.05, 0) is 49.5 Å². The zero-order valence-electron chi connectivity index (χ0n) is 17.6. The number of carbonyl (C=O) groups is 1. The van der Waals surface area contributed by atoms with Gasteiger partial charge in [0.15, 0.2) is 5.96 Å². The highest BCUT2D eigenvalue weighted by Gasteiger charge is 2.33. The Balaban J connectivity index is 1.92. The standard InChI is InChI=1S/C21H36N4O2S/c1-4-27-14-12-21(10-5-6-11-21)17-24-20(23-16-19(26)25(2)3)22-13-9-18-8-7-15-28-18/h7-8,15H,4-6,9-14,16-17H2,1-3H3,(H2,22,23,24). The minimum atomic E-state index is 0.00582. The number of hydrogen-bond acceptors (Lipinski definition) is 4. The first kappa shape index (κ1) is 22.7. The molecule has 1 aliphatic rings. The van der Waals surface area contributed by atoms with E-state index in [0.29, 0.717) is 0 Å². The number of ether oxygens (including phenoxy) is 1. The maximum Gasteiger partial charge on any atom is 0.243 e. The normalized spacial score (nSPS) is 16.2. The van der Waals surface area contributed by atoms with Crippen LogP contribution in [0, 0.1) is 5.41 Å². The predicted octanol–water partition coefficient (Wildman–Crippen LogP) is 2.90. The second-order valence-electron chi connectivity index (χ2n) is 7.72. The Morgan fingerprint density at radius 2 is 2.11 bits per heavy atom. The summed E-state index contributed by atoms with van der Waals surface area (Å²) < 4.78 is 5.62. The Bertz CT molecular complexity index is 596. The summed E-state index contributed by atoms with van der Waals surface area (Å²) >= 11 is 1.77. The fourth-order valence-electron chi connectivity index (χ4n) is 3.57. The van der Waals surface area contributed by atoms with Crippen LogP contribution in [-0.2, 0) is 16.0 Å². The van der Waals surface area contributed by atoms with Gasteiger partial charge >= 0.3 is 0 Å². The number of rotatable bonds is 11. The number of hydrogen-bond donors (Lipinski definition) is 2. The second kappa shape index (κ2) is 12.1. The van der Waals surface area contributed by atoms with Gasteiger partial charge in [-0.3, -0.25) is 4.79 Å². The van der Waals surface area contributed by atoms with E-state index in [9.17, 15) is 4.79 Å². The van der Waals surface area contributed by atoms with E-state index in [4.69, 9.17) is 4.74 Å². The maximum absolute atomic E-state index is 12.0. The van der Waals surface area contributed by atoms with Gasteiger partial charge in [0.25, 0.3) is 0 Å². The van der Waals surface area contributed by atoms with Crippen molar-refractivity contribution >= 4 is 23.2 Å². The van der Waals surface area contributed by atoms with Crippen molar-refractivity contribution in [3.63, 3.8) is 0 Å². The summed E-state index contributed by atoms with van der Waals surface area (Å²) in [7, 11) is 3.52. The number of likely N-dealkylation sites (N-methyl/N-ethyl adjacent to an activating group) is 1. The lowest BCUT2D eigenvalue weighted by atomic mass is 9.83. The molecule has 1 aromatic heterocycles. The van der Waals surface area contributed by atoms with Crippen LogP contribution in [0.1, 0.15) is 43.9 Å². The number of nitrogens with zero attached hydrogens (tertiary/aromatic N) is 2. The fraction of sp³-hybridized carbons (Fsp3) is 0.714. The van der Waals surface area contributed by atoms with E-state index < -0.39 is 0 Å². The van der Waals surface area contributed by atoms with Crippen LogP contribution >= 0.6 is 11.3 Å². The molecule has 0 saturated heterocycles. The molecule has 158 valence electrons. The van der Waals surface area contributed by atoms with Gasteiger partial charge in [0, 0.05) is 45.3 Å². The zero-order valence-corrected chi connectivity index (χ0v) is 18.4. The summed E-state index contributed by atoms with van der Waals surface area (Å²) in [5, 5.41) is 9.02. The Morgan fingerprint density at radius 3 is 2.75 bits per heavy atom. The molecule has 0 atom stereocenters. The summed E-state index contributed by atoms with van der Waals surface area (Å²) in [6.07, 6.45) is 7.05. The van der Waals surface area contributed by atoms with Crippen molar-refractivity contribution in [3.05, 3.63) is 22.4 Å². The molecule has 28 heavy (non-hydrogen) atoms. The van der Waals surface area contributed by atoms with Crippen LogP contribution in [0.3, 0.4) is 0 Å². The lowest BCUT2D eigenvalue weighted by Crippen LogP contribution is -2.44. The number of carbonyl (C=O) groups excluding carboxylic acids is 1. The van der Waals surface area contributed by atoms with Gasteiger partial charge < -0.3 is 20.3 Å². The average molecular weight is 409 g/mol. The minimum Gasteiger partial charge on any atom is -0.382 e. The molecule has 2 rings (SSSR count). The quantitative estimate of drug-likeness (QED) is 0.336. The Hall–Kier alpha value is -1.60. The largest absolute Gasteiger partial charge is 0.382 e. The first-order valence-electron chi connectivity index (χ1n) is 10.4. The van der Waals surface area contributed by atoms with Crippen LogP contribution in [0.25, 0.3) is 0 Å². The molecule has 1 aliphatic carbocycles. The summed E-state index contributed by atoms with van der Waals surface area (Å²) in [6.45, 7) is 5.47. The molecule has 0 radical (unpaired) electrons. The van der Waals surface area contributed by atoms with Gasteiger partial charge in [-0.2, -0.15) is 0 Å². The molecule has 1 fully saturated rings. The molecule has 1 amide bonds. The van der Waals surface area contributed by atoms with Crippen LogP contribution in [0.4, 0.5) is 0 Å². The predicted molar refractivity (Wildman–Crippen MR) is 117 cm³/mol. The van der Waals surface area contributed by atoms with Gasteiger partial charge in [0.05, 0.1) is 0 Å². The number of aliphatic imine (C=N–C) groups is 1. The van der Waals surface area contributed by atoms with Gasteiger partial charge in [-0.1, -0.05) is 18.9 Å². The van der Waals surface area contributed by atoms with E-state index in [2.05, 4.69) is 33.1 Å². The highest BCUT2D eigenvalue weighted by atomic mass is 32.1. The number of thiophene rings is 1. The van der Waals surface area contributed by atoms with Crippen LogP contribution in [0.15, 0.2) is 22.5 Å². The van der Waals surface area contributed by atoms with Crippen LogP contribution in [0.5, 0.6) is 0 Å². The summed E-state index contributed by atoms with van der Waals surface area (Å²) in [4.78, 5) is 19.4. The smallest absolute Gasteiger partial charge is 0.243 e. The Labute approximate surface area is 173 Å². The molecule has 1 heterocycles. The lowest BCUT2D eigenvalue weighted by Gasteiger charge is -2.30. The van der Waals surface area contributed by atoms with E-state index in [1.165, 1.54) is 30.6 Å². The van der Waals surface area contributed by atoms with Crippen molar-refractivity contribution in [1.29, 1.82) is 0 Å². The van der Waals surface area contributed by atoms with E-state index in [1.54, 1.807) is 30.3 Å². The SMILES string of the molecule is CCOCCC1(CNC(=NCC(=O)N(C)C)NCCc2cccs2)CCCC1. The van der Waals surface area contributed by atoms with E-state index >= 15 is 0 Å². The Kier molecular flexibility index (Phi) is 9.78. The van der Waals surface area contributed by atoms with Gasteiger partial charge in [0.2, 0.25) is 5.91 Å². The molecule has 0 bridgehead atoms. The molecular formula is C21H36N4O2S. The van der Waals surface area contributed by atoms with Gasteiger partial charge in [0.1, 0.15) is 6.54 Å². The molecule has 0 aliphatic heterocycles. The molecule has 6 nitrogen and oxygen atoms in total. The van der Waals surface area contributed by atoms with Crippen LogP contribution < -0.4 is 10.6 Å². The lowest BCUT2D eigenvalue weighted by molar-refractivity contribution is -0.127. The van der Waals surface area contributed by atoms with Gasteiger partial charge in [-0.15, -0.1) is 11.3 Å². The van der Waals surface area contributed by atoms with Crippen LogP contribution in [-0.4, -0.2) is 63.7 Å². The molecule has 0 aromatic carbocycles. The van der Waals surface area contributed by atoms with Gasteiger partial charge in [-0.25, -0.2) is 4.99 Å². The highest BCUT2D eigenvalue weighted by molar-refractivity contribution is 7.09. The maximum atomic E-state index is 12.0. The van der Waals surface area contributed by atoms with Crippen molar-refractivity contribution in [2.24, 2.45) is 10.4 Å². The molecular weight excluding hydrogens is 372 g/mol. The second-order valence-corrected chi connectivity index (χ2v) is 8.75. The molecule has 1 aromatic rings. The highest BCUT2D eigenvalue weighted by Crippen LogP contribution is 2.40. The minimum absolute atomic E-state index is 0.00582. The first-order valence-corrected chi connectivity index (χ1v) is 11.2. The van der Waals surface area contributed by atoms with Crippen LogP contribution in [0.2, 0.25) is 0 Å². The third-order valence-corrected chi connectivity index (χ3v) is 6.33. The zero-order chi connectivity index (χ0) is 20.2. The van der Waals surface area contributed by atoms with Crippen molar-refractivity contribution < 1.29 is 9.53 Å². The monoisotopic (exact) mass is 408 g/mol. The van der Waals surface area contributed by atoms with Crippen molar-refractivity contribution in [2.75, 3.05) is 46.9 Å². The number of nitrogens with one attached hydrogen (secondary N) is 2. The summed E-state index contributed by atoms with van der Waals surface area (Å²) in [5.41, 5.74) is 0.275. The topological polar surface area (TPSA) is 66.0 Å².